The molecule has 0 aliphatic heterocycles. The summed E-state index contributed by atoms with van der Waals surface area (Å²) in [5, 5.41) is 9.33. The minimum atomic E-state index is -1.00. The molecule has 1 aromatic rings. The van der Waals surface area contributed by atoms with Crippen molar-refractivity contribution in [1.29, 1.82) is 0 Å². The average molecular weight is 291 g/mol. The Bertz CT molecular complexity index is 496. The molecule has 0 fully saturated rings. The highest BCUT2D eigenvalue weighted by Gasteiger charge is 2.26. The Hall–Kier alpha value is -2.30. The molecule has 0 aromatic heterocycles. The smallest absolute Gasteiger partial charge is 0.326 e. The molecule has 1 aromatic carbocycles. The van der Waals surface area contributed by atoms with Crippen LogP contribution < -0.4 is 4.74 Å². The largest absolute Gasteiger partial charge is 0.490 e. The van der Waals surface area contributed by atoms with E-state index in [0.717, 1.165) is 5.56 Å². The van der Waals surface area contributed by atoms with Gasteiger partial charge < -0.3 is 14.7 Å². The average Bonchev–Trinajstić information content (AvgIpc) is 2.45. The second kappa shape index (κ2) is 8.09. The zero-order valence-corrected chi connectivity index (χ0v) is 12.4. The van der Waals surface area contributed by atoms with E-state index in [-0.39, 0.29) is 12.3 Å². The molecule has 0 bridgehead atoms. The lowest BCUT2D eigenvalue weighted by Crippen LogP contribution is -2.45. The van der Waals surface area contributed by atoms with Gasteiger partial charge in [-0.2, -0.15) is 0 Å². The first-order chi connectivity index (χ1) is 9.99. The van der Waals surface area contributed by atoms with E-state index in [0.29, 0.717) is 18.9 Å². The van der Waals surface area contributed by atoms with Crippen molar-refractivity contribution in [2.45, 2.75) is 26.3 Å². The van der Waals surface area contributed by atoms with E-state index >= 15 is 0 Å². The highest BCUT2D eigenvalue weighted by Crippen LogP contribution is 2.15. The number of carboxylic acids is 1. The lowest BCUT2D eigenvalue weighted by atomic mass is 10.0. The van der Waals surface area contributed by atoms with Crippen LogP contribution in [0.3, 0.4) is 0 Å². The molecule has 0 radical (unpaired) electrons. The molecule has 0 spiro atoms. The second-order valence-corrected chi connectivity index (χ2v) is 4.61. The Morgan fingerprint density at radius 3 is 2.43 bits per heavy atom. The van der Waals surface area contributed by atoms with Crippen molar-refractivity contribution in [3.05, 3.63) is 42.5 Å². The van der Waals surface area contributed by atoms with Gasteiger partial charge in [-0.1, -0.05) is 24.8 Å². The van der Waals surface area contributed by atoms with Gasteiger partial charge in [-0.25, -0.2) is 4.79 Å². The van der Waals surface area contributed by atoms with Crippen LogP contribution in [0.2, 0.25) is 0 Å². The molecule has 1 amide bonds. The normalized spacial score (nSPS) is 11.5. The van der Waals surface area contributed by atoms with Crippen LogP contribution in [-0.2, 0) is 16.0 Å². The first-order valence-electron chi connectivity index (χ1n) is 6.82. The van der Waals surface area contributed by atoms with Crippen molar-refractivity contribution in [3.63, 3.8) is 0 Å². The van der Waals surface area contributed by atoms with Gasteiger partial charge in [0.1, 0.15) is 18.4 Å². The molecule has 0 aliphatic carbocycles. The number of benzene rings is 1. The standard InChI is InChI=1S/C16H21NO4/c1-4-10-21-14-8-6-13(7-9-14)11-15(16(19)20)17(5-2)12(3)18/h4,6-9,15H,1,5,10-11H2,2-3H3,(H,19,20)/t15-/m0/s1. The topological polar surface area (TPSA) is 66.8 Å². The maximum atomic E-state index is 11.5. The summed E-state index contributed by atoms with van der Waals surface area (Å²) < 4.78 is 5.37. The maximum absolute atomic E-state index is 11.5. The van der Waals surface area contributed by atoms with Gasteiger partial charge in [-0.3, -0.25) is 4.79 Å². The van der Waals surface area contributed by atoms with Gasteiger partial charge in [0.05, 0.1) is 0 Å². The summed E-state index contributed by atoms with van der Waals surface area (Å²) in [6, 6.07) is 6.32. The number of nitrogens with zero attached hydrogens (tertiary/aromatic N) is 1. The van der Waals surface area contributed by atoms with Crippen LogP contribution in [0, 0.1) is 0 Å². The summed E-state index contributed by atoms with van der Waals surface area (Å²) in [5.41, 5.74) is 0.841. The molecule has 1 N–H and O–H groups in total. The fourth-order valence-corrected chi connectivity index (χ4v) is 2.09. The summed E-state index contributed by atoms with van der Waals surface area (Å²) >= 11 is 0. The molecule has 5 heteroatoms. The lowest BCUT2D eigenvalue weighted by molar-refractivity contribution is -0.149. The van der Waals surface area contributed by atoms with Gasteiger partial charge in [0.2, 0.25) is 5.91 Å². The molecular weight excluding hydrogens is 270 g/mol. The number of rotatable bonds is 8. The Balaban J connectivity index is 2.82. The monoisotopic (exact) mass is 291 g/mol. The minimum Gasteiger partial charge on any atom is -0.490 e. The Kier molecular flexibility index (Phi) is 6.46. The van der Waals surface area contributed by atoms with E-state index in [2.05, 4.69) is 6.58 Å². The van der Waals surface area contributed by atoms with Crippen LogP contribution in [-0.4, -0.2) is 41.1 Å². The van der Waals surface area contributed by atoms with Gasteiger partial charge in [0.15, 0.2) is 0 Å². The van der Waals surface area contributed by atoms with Crippen LogP contribution in [0.25, 0.3) is 0 Å². The predicted octanol–water partition coefficient (Wildman–Crippen LogP) is 2.12. The molecule has 5 nitrogen and oxygen atoms in total. The van der Waals surface area contributed by atoms with Crippen LogP contribution >= 0.6 is 0 Å². The van der Waals surface area contributed by atoms with Gasteiger partial charge in [-0.15, -0.1) is 0 Å². The third-order valence-electron chi connectivity index (χ3n) is 3.13. The first kappa shape index (κ1) is 16.8. The van der Waals surface area contributed by atoms with Crippen molar-refractivity contribution < 1.29 is 19.4 Å². The SMILES string of the molecule is C=CCOc1ccc(C[C@@H](C(=O)O)N(CC)C(C)=O)cc1. The fraction of sp³-hybridized carbons (Fsp3) is 0.375. The summed E-state index contributed by atoms with van der Waals surface area (Å²) in [6.07, 6.45) is 1.92. The maximum Gasteiger partial charge on any atom is 0.326 e. The third-order valence-corrected chi connectivity index (χ3v) is 3.13. The first-order valence-corrected chi connectivity index (χ1v) is 6.82. The van der Waals surface area contributed by atoms with Crippen molar-refractivity contribution in [2.75, 3.05) is 13.2 Å². The van der Waals surface area contributed by atoms with Crippen LogP contribution in [0.4, 0.5) is 0 Å². The van der Waals surface area contributed by atoms with Crippen molar-refractivity contribution >= 4 is 11.9 Å². The number of likely N-dealkylation sites (N-methyl/N-ethyl adjacent to an activating group) is 1. The Labute approximate surface area is 124 Å². The van der Waals surface area contributed by atoms with Gasteiger partial charge in [0.25, 0.3) is 0 Å². The number of carboxylic acid groups (broad SMARTS) is 1. The number of amides is 1. The molecular formula is C16H21NO4. The van der Waals surface area contributed by atoms with Crippen LogP contribution in [0.1, 0.15) is 19.4 Å². The summed E-state index contributed by atoms with van der Waals surface area (Å²) in [7, 11) is 0. The minimum absolute atomic E-state index is 0.240. The molecule has 0 unspecified atom stereocenters. The zero-order chi connectivity index (χ0) is 15.8. The summed E-state index contributed by atoms with van der Waals surface area (Å²) in [6.45, 7) is 7.51. The second-order valence-electron chi connectivity index (χ2n) is 4.61. The number of ether oxygens (including phenoxy) is 1. The molecule has 1 rings (SSSR count). The van der Waals surface area contributed by atoms with E-state index in [9.17, 15) is 14.7 Å². The van der Waals surface area contributed by atoms with Crippen LogP contribution in [0.15, 0.2) is 36.9 Å². The van der Waals surface area contributed by atoms with E-state index in [1.54, 1.807) is 25.1 Å². The van der Waals surface area contributed by atoms with E-state index < -0.39 is 12.0 Å². The number of carbonyl (C=O) groups excluding carboxylic acids is 1. The molecule has 0 saturated heterocycles. The molecule has 0 aliphatic rings. The van der Waals surface area contributed by atoms with Crippen molar-refractivity contribution in [2.24, 2.45) is 0 Å². The van der Waals surface area contributed by atoms with Crippen molar-refractivity contribution in [3.8, 4) is 5.75 Å². The number of carbonyl (C=O) groups is 2. The molecule has 114 valence electrons. The van der Waals surface area contributed by atoms with Gasteiger partial charge in [0, 0.05) is 19.9 Å². The molecule has 0 saturated carbocycles. The highest BCUT2D eigenvalue weighted by atomic mass is 16.5. The predicted molar refractivity (Wildman–Crippen MR) is 80.3 cm³/mol. The molecule has 1 atom stereocenters. The van der Waals surface area contributed by atoms with Crippen molar-refractivity contribution in [1.82, 2.24) is 4.90 Å². The van der Waals surface area contributed by atoms with Gasteiger partial charge >= 0.3 is 5.97 Å². The highest BCUT2D eigenvalue weighted by molar-refractivity contribution is 5.82. The van der Waals surface area contributed by atoms with E-state index in [1.165, 1.54) is 11.8 Å². The van der Waals surface area contributed by atoms with Gasteiger partial charge in [-0.05, 0) is 24.6 Å². The Morgan fingerprint density at radius 2 is 2.00 bits per heavy atom. The lowest BCUT2D eigenvalue weighted by Gasteiger charge is -2.26. The summed E-state index contributed by atoms with van der Waals surface area (Å²) in [4.78, 5) is 24.3. The summed E-state index contributed by atoms with van der Waals surface area (Å²) in [5.74, 6) is -0.542. The molecule has 21 heavy (non-hydrogen) atoms. The number of hydrogen-bond donors (Lipinski definition) is 1. The molecule has 0 heterocycles. The quantitative estimate of drug-likeness (QED) is 0.745. The van der Waals surface area contributed by atoms with E-state index in [4.69, 9.17) is 4.74 Å². The van der Waals surface area contributed by atoms with E-state index in [1.807, 2.05) is 12.1 Å². The number of hydrogen-bond acceptors (Lipinski definition) is 3. The Morgan fingerprint density at radius 1 is 1.38 bits per heavy atom. The fourth-order valence-electron chi connectivity index (χ4n) is 2.09. The number of aliphatic carboxylic acids is 1. The third kappa shape index (κ3) is 4.95. The van der Waals surface area contributed by atoms with Crippen LogP contribution in [0.5, 0.6) is 5.75 Å². The zero-order valence-electron chi connectivity index (χ0n) is 12.4.